The van der Waals surface area contributed by atoms with Crippen LogP contribution in [0, 0.1) is 0 Å². The highest BCUT2D eigenvalue weighted by atomic mass is 16.5. The van der Waals surface area contributed by atoms with Crippen molar-refractivity contribution in [3.8, 4) is 11.5 Å². The van der Waals surface area contributed by atoms with Crippen molar-refractivity contribution in [3.63, 3.8) is 0 Å². The molecule has 4 rings (SSSR count). The average Bonchev–Trinajstić information content (AvgIpc) is 3.41. The molecule has 40 heavy (non-hydrogen) atoms. The number of carbonyl (C=O) groups excluding carboxylic acids is 2. The predicted molar refractivity (Wildman–Crippen MR) is 147 cm³/mol. The lowest BCUT2D eigenvalue weighted by atomic mass is 9.95. The molecule has 13 heteroatoms. The van der Waals surface area contributed by atoms with E-state index in [1.807, 2.05) is 19.1 Å². The highest BCUT2D eigenvalue weighted by molar-refractivity contribution is 5.95. The number of anilines is 1. The molecule has 2 aliphatic heterocycles. The van der Waals surface area contributed by atoms with Gasteiger partial charge in [0.2, 0.25) is 0 Å². The van der Waals surface area contributed by atoms with E-state index in [-0.39, 0.29) is 12.2 Å². The first-order valence-electron chi connectivity index (χ1n) is 13.0. The maximum absolute atomic E-state index is 12.4. The summed E-state index contributed by atoms with van der Waals surface area (Å²) in [5.74, 6) is 1.55. The number of hydrazone groups is 1. The van der Waals surface area contributed by atoms with Crippen LogP contribution in [0.1, 0.15) is 31.2 Å². The Morgan fingerprint density at radius 1 is 1.23 bits per heavy atom. The molecule has 216 valence electrons. The van der Waals surface area contributed by atoms with E-state index in [2.05, 4.69) is 38.0 Å². The van der Waals surface area contributed by atoms with E-state index in [1.54, 1.807) is 25.1 Å². The average molecular weight is 557 g/mol. The Kier molecular flexibility index (Phi) is 9.51. The number of aliphatic hydroxyl groups excluding tert-OH is 1. The van der Waals surface area contributed by atoms with Crippen LogP contribution in [0.4, 0.5) is 10.7 Å². The Bertz CT molecular complexity index is 1250. The summed E-state index contributed by atoms with van der Waals surface area (Å²) in [4.78, 5) is 29.0. The number of hydrogen-bond acceptors (Lipinski definition) is 11. The number of carbonyl (C=O) groups is 2. The summed E-state index contributed by atoms with van der Waals surface area (Å²) in [6, 6.07) is 7.59. The highest BCUT2D eigenvalue weighted by Crippen LogP contribution is 2.35. The number of allylic oxidation sites excluding steroid dienone is 1. The molecule has 0 saturated carbocycles. The van der Waals surface area contributed by atoms with E-state index >= 15 is 0 Å². The number of ether oxygens (including phenoxy) is 3. The van der Waals surface area contributed by atoms with Crippen LogP contribution in [0.2, 0.25) is 0 Å². The molecule has 1 aromatic carbocycles. The number of hydrogen-bond donors (Lipinski definition) is 4. The zero-order valence-electron chi connectivity index (χ0n) is 23.1. The van der Waals surface area contributed by atoms with Crippen molar-refractivity contribution in [2.75, 3.05) is 58.5 Å². The standard InChI is InChI=1S/C27H36N6O7/c1-5-38-21-14-18(25-24(26(35)37-4)17(2)29-27(36)30-25)6-8-20(21)39-16-22(34)31-28-15-19-7-9-23(40-19)33-12-10-32(3)11-13-33/h6-9,14-15,22,25,31,34H,5,10-13,16H2,1-4H3,(H2,29,30,36)/b28-15-/t22-,25-/m0/s1. The quantitative estimate of drug-likeness (QED) is 0.139. The summed E-state index contributed by atoms with van der Waals surface area (Å²) in [5.41, 5.74) is 3.89. The molecule has 0 bridgehead atoms. The van der Waals surface area contributed by atoms with Gasteiger partial charge in [-0.25, -0.2) is 9.59 Å². The molecule has 13 nitrogen and oxygen atoms in total. The summed E-state index contributed by atoms with van der Waals surface area (Å²) in [7, 11) is 3.38. The molecular formula is C27H36N6O7. The van der Waals surface area contributed by atoms with Crippen LogP contribution in [0.15, 0.2) is 51.1 Å². The highest BCUT2D eigenvalue weighted by Gasteiger charge is 2.32. The Morgan fingerprint density at radius 3 is 2.73 bits per heavy atom. The maximum atomic E-state index is 12.4. The number of nitrogens with zero attached hydrogens (tertiary/aromatic N) is 3. The molecule has 4 N–H and O–H groups in total. The van der Waals surface area contributed by atoms with Gasteiger partial charge in [-0.2, -0.15) is 5.10 Å². The molecule has 2 aliphatic rings. The molecule has 2 aromatic rings. The molecule has 0 aliphatic carbocycles. The zero-order chi connectivity index (χ0) is 28.6. The van der Waals surface area contributed by atoms with Gasteiger partial charge in [0.15, 0.2) is 23.6 Å². The lowest BCUT2D eigenvalue weighted by molar-refractivity contribution is -0.136. The third-order valence-corrected chi connectivity index (χ3v) is 6.51. The molecule has 1 saturated heterocycles. The van der Waals surface area contributed by atoms with Gasteiger partial charge < -0.3 is 44.2 Å². The Hall–Kier alpha value is -4.23. The van der Waals surface area contributed by atoms with Crippen LogP contribution in [0.5, 0.6) is 11.5 Å². The van der Waals surface area contributed by atoms with Crippen molar-refractivity contribution in [2.24, 2.45) is 5.10 Å². The van der Waals surface area contributed by atoms with Gasteiger partial charge in [-0.05, 0) is 44.7 Å². The molecule has 2 amide bonds. The van der Waals surface area contributed by atoms with Gasteiger partial charge in [-0.15, -0.1) is 0 Å². The summed E-state index contributed by atoms with van der Waals surface area (Å²) in [5, 5.41) is 19.7. The second-order valence-electron chi connectivity index (χ2n) is 9.38. The van der Waals surface area contributed by atoms with Crippen molar-refractivity contribution in [1.82, 2.24) is 21.0 Å². The summed E-state index contributed by atoms with van der Waals surface area (Å²) < 4.78 is 22.3. The third-order valence-electron chi connectivity index (χ3n) is 6.51. The first-order chi connectivity index (χ1) is 19.3. The number of furan rings is 1. The number of esters is 1. The Balaban J connectivity index is 1.36. The van der Waals surface area contributed by atoms with Gasteiger partial charge >= 0.3 is 12.0 Å². The lowest BCUT2D eigenvalue weighted by Crippen LogP contribution is -2.45. The number of aliphatic hydroxyl groups is 1. The number of rotatable bonds is 11. The van der Waals surface area contributed by atoms with E-state index in [9.17, 15) is 14.7 Å². The van der Waals surface area contributed by atoms with Gasteiger partial charge in [0, 0.05) is 37.9 Å². The van der Waals surface area contributed by atoms with E-state index in [4.69, 9.17) is 18.6 Å². The fourth-order valence-electron chi connectivity index (χ4n) is 4.42. The van der Waals surface area contributed by atoms with Gasteiger partial charge in [0.1, 0.15) is 12.4 Å². The lowest BCUT2D eigenvalue weighted by Gasteiger charge is -2.32. The fourth-order valence-corrected chi connectivity index (χ4v) is 4.42. The maximum Gasteiger partial charge on any atom is 0.337 e. The second-order valence-corrected chi connectivity index (χ2v) is 9.38. The van der Waals surface area contributed by atoms with Crippen molar-refractivity contribution in [1.29, 1.82) is 0 Å². The van der Waals surface area contributed by atoms with Crippen molar-refractivity contribution in [3.05, 3.63) is 52.9 Å². The van der Waals surface area contributed by atoms with Crippen molar-refractivity contribution in [2.45, 2.75) is 26.1 Å². The predicted octanol–water partition coefficient (Wildman–Crippen LogP) is 1.55. The van der Waals surface area contributed by atoms with Crippen LogP contribution in [-0.2, 0) is 9.53 Å². The fraction of sp³-hybridized carbons (Fsp3) is 0.444. The molecular weight excluding hydrogens is 520 g/mol. The monoisotopic (exact) mass is 556 g/mol. The van der Waals surface area contributed by atoms with Gasteiger partial charge in [-0.3, -0.25) is 5.43 Å². The second kappa shape index (κ2) is 13.2. The van der Waals surface area contributed by atoms with Crippen LogP contribution < -0.4 is 30.4 Å². The number of methoxy groups -OCH3 is 1. The number of benzene rings is 1. The molecule has 0 spiro atoms. The van der Waals surface area contributed by atoms with E-state index in [0.29, 0.717) is 35.1 Å². The number of urea groups is 1. The Morgan fingerprint density at radius 2 is 2.00 bits per heavy atom. The summed E-state index contributed by atoms with van der Waals surface area (Å²) in [6.07, 6.45) is 0.378. The number of nitrogens with one attached hydrogen (secondary N) is 3. The number of piperazine rings is 1. The molecule has 1 aromatic heterocycles. The number of amides is 2. The Labute approximate surface area is 232 Å². The van der Waals surface area contributed by atoms with Crippen molar-refractivity contribution < 1.29 is 33.3 Å². The largest absolute Gasteiger partial charge is 0.490 e. The van der Waals surface area contributed by atoms with Crippen LogP contribution in [0.3, 0.4) is 0 Å². The summed E-state index contributed by atoms with van der Waals surface area (Å²) >= 11 is 0. The topological polar surface area (TPSA) is 150 Å². The smallest absolute Gasteiger partial charge is 0.337 e. The van der Waals surface area contributed by atoms with Gasteiger partial charge in [0.05, 0.1) is 31.5 Å². The van der Waals surface area contributed by atoms with Crippen molar-refractivity contribution >= 4 is 24.1 Å². The molecule has 0 radical (unpaired) electrons. The minimum Gasteiger partial charge on any atom is -0.490 e. The molecule has 3 heterocycles. The minimum atomic E-state index is -1.11. The van der Waals surface area contributed by atoms with E-state index in [0.717, 1.165) is 32.1 Å². The first kappa shape index (κ1) is 28.8. The minimum absolute atomic E-state index is 0.127. The zero-order valence-corrected chi connectivity index (χ0v) is 23.1. The van der Waals surface area contributed by atoms with Crippen LogP contribution >= 0.6 is 0 Å². The normalized spacial score (nSPS) is 18.8. The molecule has 0 unspecified atom stereocenters. The molecule has 2 atom stereocenters. The SMILES string of the molecule is CCOc1cc([C@@H]2NC(=O)NC(C)=C2C(=O)OC)ccc1OC[C@H](O)N/N=C\c1ccc(N2CCN(C)CC2)o1. The molecule has 1 fully saturated rings. The third kappa shape index (κ3) is 7.04. The van der Waals surface area contributed by atoms with Gasteiger partial charge in [0.25, 0.3) is 0 Å². The van der Waals surface area contributed by atoms with Crippen LogP contribution in [-0.4, -0.2) is 88.0 Å². The number of likely N-dealkylation sites (N-methyl/N-ethyl adjacent to an activating group) is 1. The van der Waals surface area contributed by atoms with Gasteiger partial charge in [-0.1, -0.05) is 6.07 Å². The van der Waals surface area contributed by atoms with Crippen LogP contribution in [0.25, 0.3) is 0 Å². The first-order valence-corrected chi connectivity index (χ1v) is 13.0. The van der Waals surface area contributed by atoms with E-state index < -0.39 is 24.3 Å². The van der Waals surface area contributed by atoms with E-state index in [1.165, 1.54) is 13.3 Å². The summed E-state index contributed by atoms with van der Waals surface area (Å²) in [6.45, 7) is 7.43.